The number of hydrogen-bond acceptors (Lipinski definition) is 2. The Labute approximate surface area is 112 Å². The Kier molecular flexibility index (Phi) is 2.47. The maximum atomic E-state index is 13.2. The van der Waals surface area contributed by atoms with Crippen molar-refractivity contribution in [2.24, 2.45) is 11.8 Å². The van der Waals surface area contributed by atoms with E-state index in [9.17, 15) is 4.39 Å². The molecule has 1 aromatic heterocycles. The van der Waals surface area contributed by atoms with Gasteiger partial charge in [-0.3, -0.25) is 4.98 Å². The number of anilines is 1. The number of halogens is 1. The van der Waals surface area contributed by atoms with Gasteiger partial charge in [0.05, 0.1) is 5.52 Å². The highest BCUT2D eigenvalue weighted by molar-refractivity contribution is 5.91. The summed E-state index contributed by atoms with van der Waals surface area (Å²) in [7, 11) is 0. The van der Waals surface area contributed by atoms with Gasteiger partial charge < -0.3 is 5.32 Å². The van der Waals surface area contributed by atoms with Crippen molar-refractivity contribution in [2.45, 2.75) is 31.7 Å². The van der Waals surface area contributed by atoms with Crippen molar-refractivity contribution in [1.29, 1.82) is 0 Å². The van der Waals surface area contributed by atoms with Crippen LogP contribution in [0.4, 0.5) is 10.1 Å². The van der Waals surface area contributed by atoms with E-state index in [4.69, 9.17) is 0 Å². The summed E-state index contributed by atoms with van der Waals surface area (Å²) in [6.45, 7) is 0. The molecule has 2 aliphatic carbocycles. The van der Waals surface area contributed by atoms with Crippen molar-refractivity contribution < 1.29 is 4.39 Å². The molecular formula is C16H17FN2. The third-order valence-corrected chi connectivity index (χ3v) is 4.29. The van der Waals surface area contributed by atoms with Crippen LogP contribution in [-0.4, -0.2) is 11.0 Å². The molecular weight excluding hydrogens is 239 g/mol. The Bertz CT molecular complexity index is 605. The molecule has 1 aromatic carbocycles. The summed E-state index contributed by atoms with van der Waals surface area (Å²) in [6, 6.07) is 7.47. The van der Waals surface area contributed by atoms with Crippen LogP contribution in [0.15, 0.2) is 30.5 Å². The minimum Gasteiger partial charge on any atom is -0.381 e. The molecule has 3 heteroatoms. The van der Waals surface area contributed by atoms with Crippen molar-refractivity contribution in [3.05, 3.63) is 36.3 Å². The third kappa shape index (κ3) is 2.18. The highest BCUT2D eigenvalue weighted by Gasteiger charge is 2.41. The molecule has 19 heavy (non-hydrogen) atoms. The SMILES string of the molecule is Fc1ccc2c(NC(C3CC3)C3CC3)ccnc2c1. The molecule has 0 spiro atoms. The van der Waals surface area contributed by atoms with Crippen LogP contribution in [0.1, 0.15) is 25.7 Å². The van der Waals surface area contributed by atoms with Crippen LogP contribution in [0.5, 0.6) is 0 Å². The average molecular weight is 256 g/mol. The smallest absolute Gasteiger partial charge is 0.125 e. The Hall–Kier alpha value is -1.64. The molecule has 98 valence electrons. The van der Waals surface area contributed by atoms with Crippen molar-refractivity contribution in [1.82, 2.24) is 4.98 Å². The zero-order chi connectivity index (χ0) is 12.8. The molecule has 0 radical (unpaired) electrons. The van der Waals surface area contributed by atoms with Gasteiger partial charge in [0.2, 0.25) is 0 Å². The van der Waals surface area contributed by atoms with Gasteiger partial charge in [-0.1, -0.05) is 0 Å². The standard InChI is InChI=1S/C16H17FN2/c17-12-5-6-13-14(7-8-18-15(13)9-12)19-16(10-1-2-10)11-3-4-11/h5-11,16H,1-4H2,(H,18,19). The lowest BCUT2D eigenvalue weighted by Gasteiger charge is -2.20. The average Bonchev–Trinajstić information content (AvgIpc) is 3.28. The van der Waals surface area contributed by atoms with Crippen LogP contribution in [0, 0.1) is 17.7 Å². The normalized spacial score (nSPS) is 19.1. The van der Waals surface area contributed by atoms with Crippen LogP contribution < -0.4 is 5.32 Å². The quantitative estimate of drug-likeness (QED) is 0.895. The summed E-state index contributed by atoms with van der Waals surface area (Å²) in [5, 5.41) is 4.73. The van der Waals surface area contributed by atoms with E-state index in [2.05, 4.69) is 10.3 Å². The van der Waals surface area contributed by atoms with Gasteiger partial charge in [0.25, 0.3) is 0 Å². The van der Waals surface area contributed by atoms with E-state index >= 15 is 0 Å². The number of fused-ring (bicyclic) bond motifs is 1. The van der Waals surface area contributed by atoms with E-state index in [0.717, 1.165) is 28.4 Å². The van der Waals surface area contributed by atoms with E-state index < -0.39 is 0 Å². The molecule has 2 saturated carbocycles. The summed E-state index contributed by atoms with van der Waals surface area (Å²) < 4.78 is 13.2. The van der Waals surface area contributed by atoms with E-state index in [1.165, 1.54) is 37.8 Å². The van der Waals surface area contributed by atoms with Gasteiger partial charge in [-0.05, 0) is 55.7 Å². The summed E-state index contributed by atoms with van der Waals surface area (Å²) in [6.07, 6.45) is 7.18. The van der Waals surface area contributed by atoms with Crippen LogP contribution >= 0.6 is 0 Å². The lowest BCUT2D eigenvalue weighted by Crippen LogP contribution is -2.24. The van der Waals surface area contributed by atoms with Gasteiger partial charge in [0.1, 0.15) is 5.82 Å². The van der Waals surface area contributed by atoms with Gasteiger partial charge in [-0.25, -0.2) is 4.39 Å². The van der Waals surface area contributed by atoms with E-state index in [-0.39, 0.29) is 5.82 Å². The topological polar surface area (TPSA) is 24.9 Å². The van der Waals surface area contributed by atoms with Gasteiger partial charge >= 0.3 is 0 Å². The Morgan fingerprint density at radius 2 is 1.84 bits per heavy atom. The minimum absolute atomic E-state index is 0.224. The largest absolute Gasteiger partial charge is 0.381 e. The number of rotatable bonds is 4. The molecule has 0 unspecified atom stereocenters. The van der Waals surface area contributed by atoms with Crippen LogP contribution in [0.3, 0.4) is 0 Å². The van der Waals surface area contributed by atoms with E-state index in [0.29, 0.717) is 6.04 Å². The fraction of sp³-hybridized carbons (Fsp3) is 0.438. The monoisotopic (exact) mass is 256 g/mol. The van der Waals surface area contributed by atoms with Crippen molar-refractivity contribution >= 4 is 16.6 Å². The predicted molar refractivity (Wildman–Crippen MR) is 74.6 cm³/mol. The lowest BCUT2D eigenvalue weighted by molar-refractivity contribution is 0.568. The molecule has 0 bridgehead atoms. The maximum Gasteiger partial charge on any atom is 0.125 e. The minimum atomic E-state index is -0.224. The zero-order valence-corrected chi connectivity index (χ0v) is 10.8. The number of hydrogen-bond donors (Lipinski definition) is 1. The molecule has 2 fully saturated rings. The maximum absolute atomic E-state index is 13.2. The molecule has 0 atom stereocenters. The molecule has 2 aliphatic rings. The fourth-order valence-electron chi connectivity index (χ4n) is 2.96. The zero-order valence-electron chi connectivity index (χ0n) is 10.8. The number of aromatic nitrogens is 1. The first-order valence-electron chi connectivity index (χ1n) is 7.12. The van der Waals surface area contributed by atoms with Gasteiger partial charge in [-0.2, -0.15) is 0 Å². The summed E-state index contributed by atoms with van der Waals surface area (Å²) in [5.74, 6) is 1.46. The van der Waals surface area contributed by atoms with E-state index in [1.807, 2.05) is 12.1 Å². The summed E-state index contributed by atoms with van der Waals surface area (Å²) in [4.78, 5) is 4.25. The van der Waals surface area contributed by atoms with Crippen molar-refractivity contribution in [3.8, 4) is 0 Å². The highest BCUT2D eigenvalue weighted by atomic mass is 19.1. The second-order valence-electron chi connectivity index (χ2n) is 5.86. The van der Waals surface area contributed by atoms with Gasteiger partial charge in [-0.15, -0.1) is 0 Å². The lowest BCUT2D eigenvalue weighted by atomic mass is 10.1. The first-order valence-corrected chi connectivity index (χ1v) is 7.12. The van der Waals surface area contributed by atoms with E-state index in [1.54, 1.807) is 6.20 Å². The van der Waals surface area contributed by atoms with Crippen LogP contribution in [0.25, 0.3) is 10.9 Å². The third-order valence-electron chi connectivity index (χ3n) is 4.29. The molecule has 1 heterocycles. The Balaban J connectivity index is 1.69. The number of nitrogens with one attached hydrogen (secondary N) is 1. The number of pyridine rings is 1. The fourth-order valence-corrected chi connectivity index (χ4v) is 2.96. The van der Waals surface area contributed by atoms with Crippen molar-refractivity contribution in [3.63, 3.8) is 0 Å². The highest BCUT2D eigenvalue weighted by Crippen LogP contribution is 2.46. The first-order chi connectivity index (χ1) is 9.31. The van der Waals surface area contributed by atoms with Gasteiger partial charge in [0.15, 0.2) is 0 Å². The molecule has 1 N–H and O–H groups in total. The summed E-state index contributed by atoms with van der Waals surface area (Å²) in [5.41, 5.74) is 1.84. The second kappa shape index (κ2) is 4.19. The van der Waals surface area contributed by atoms with Gasteiger partial charge in [0, 0.05) is 29.4 Å². The number of benzene rings is 1. The Morgan fingerprint density at radius 1 is 1.11 bits per heavy atom. The number of nitrogens with zero attached hydrogens (tertiary/aromatic N) is 1. The molecule has 0 saturated heterocycles. The molecule has 0 amide bonds. The van der Waals surface area contributed by atoms with Crippen LogP contribution in [-0.2, 0) is 0 Å². The molecule has 2 nitrogen and oxygen atoms in total. The Morgan fingerprint density at radius 3 is 2.53 bits per heavy atom. The second-order valence-corrected chi connectivity index (χ2v) is 5.86. The molecule has 2 aromatic rings. The first kappa shape index (κ1) is 11.2. The predicted octanol–water partition coefficient (Wildman–Crippen LogP) is 3.97. The van der Waals surface area contributed by atoms with Crippen molar-refractivity contribution in [2.75, 3.05) is 5.32 Å². The van der Waals surface area contributed by atoms with Crippen LogP contribution in [0.2, 0.25) is 0 Å². The molecule has 0 aliphatic heterocycles. The summed E-state index contributed by atoms with van der Waals surface area (Å²) >= 11 is 0. The molecule has 4 rings (SSSR count).